The lowest BCUT2D eigenvalue weighted by atomic mass is 10.1. The molecule has 2 aromatic rings. The predicted octanol–water partition coefficient (Wildman–Crippen LogP) is 3.48. The molecule has 0 spiro atoms. The minimum Gasteiger partial charge on any atom is -0.493 e. The summed E-state index contributed by atoms with van der Waals surface area (Å²) in [6.45, 7) is 2.94. The molecule has 1 N–H and O–H groups in total. The quantitative estimate of drug-likeness (QED) is 0.209. The van der Waals surface area contributed by atoms with Gasteiger partial charge in [-0.3, -0.25) is 15.1 Å². The fraction of sp³-hybridized carbons (Fsp3) is 0.348. The normalized spacial score (nSPS) is 11.7. The summed E-state index contributed by atoms with van der Waals surface area (Å²) >= 11 is 0. The van der Waals surface area contributed by atoms with E-state index < -0.39 is 10.1 Å². The van der Waals surface area contributed by atoms with Gasteiger partial charge in [0.05, 0.1) is 33.0 Å². The molecule has 0 fully saturated rings. The third kappa shape index (κ3) is 9.84. The maximum Gasteiger partial charge on any atom is 0.311 e. The molecule has 0 aliphatic rings. The van der Waals surface area contributed by atoms with Crippen LogP contribution in [0.2, 0.25) is 0 Å². The number of carbonyl (C=O) groups excluding carboxylic acids is 1. The van der Waals surface area contributed by atoms with Gasteiger partial charge >= 0.3 is 16.1 Å². The van der Waals surface area contributed by atoms with Crippen LogP contribution in [0.4, 0.5) is 0 Å². The van der Waals surface area contributed by atoms with Crippen LogP contribution in [-0.4, -0.2) is 41.0 Å². The molecule has 0 saturated heterocycles. The molecule has 2 rings (SSSR count). The number of nitrogens with one attached hydrogen (secondary N) is 1. The van der Waals surface area contributed by atoms with Gasteiger partial charge in [-0.15, -0.1) is 0 Å². The van der Waals surface area contributed by atoms with Crippen LogP contribution in [0.1, 0.15) is 30.9 Å². The molecule has 0 aliphatic carbocycles. The number of methoxy groups -OCH3 is 1. The summed E-state index contributed by atoms with van der Waals surface area (Å²) in [6.07, 6.45) is 4.35. The molecule has 0 radical (unpaired) electrons. The molecule has 0 aliphatic heterocycles. The van der Waals surface area contributed by atoms with Gasteiger partial charge in [0.15, 0.2) is 0 Å². The SMILES string of the molecule is CCCONC(=Cc1cccc(OCCc2ccc(OS(C)(=O)=O)cc2)c1)CC(=O)OC. The lowest BCUT2D eigenvalue weighted by Gasteiger charge is -2.11. The Morgan fingerprint density at radius 2 is 1.81 bits per heavy atom. The number of carbonyl (C=O) groups is 1. The molecule has 0 bridgehead atoms. The molecule has 0 amide bonds. The topological polar surface area (TPSA) is 100 Å². The highest BCUT2D eigenvalue weighted by molar-refractivity contribution is 7.86. The number of ether oxygens (including phenoxy) is 2. The lowest BCUT2D eigenvalue weighted by Crippen LogP contribution is -2.18. The zero-order valence-corrected chi connectivity index (χ0v) is 19.3. The molecule has 9 heteroatoms. The average molecular weight is 464 g/mol. The fourth-order valence-corrected chi connectivity index (χ4v) is 3.12. The Bertz CT molecular complexity index is 1000. The first-order valence-electron chi connectivity index (χ1n) is 10.2. The van der Waals surface area contributed by atoms with E-state index in [9.17, 15) is 13.2 Å². The number of hydrogen-bond acceptors (Lipinski definition) is 8. The highest BCUT2D eigenvalue weighted by atomic mass is 32.2. The summed E-state index contributed by atoms with van der Waals surface area (Å²) in [4.78, 5) is 17.0. The minimum atomic E-state index is -3.54. The number of hydroxylamine groups is 1. The summed E-state index contributed by atoms with van der Waals surface area (Å²) in [7, 11) is -2.20. The van der Waals surface area contributed by atoms with Crippen LogP contribution < -0.4 is 14.4 Å². The van der Waals surface area contributed by atoms with Crippen LogP contribution in [-0.2, 0) is 30.9 Å². The Balaban J connectivity index is 1.96. The molecular formula is C23H29NO7S. The number of benzene rings is 2. The summed E-state index contributed by atoms with van der Waals surface area (Å²) in [6, 6.07) is 14.3. The van der Waals surface area contributed by atoms with Gasteiger partial charge in [-0.25, -0.2) is 0 Å². The van der Waals surface area contributed by atoms with Crippen LogP contribution in [0.15, 0.2) is 54.2 Å². The van der Waals surface area contributed by atoms with Gasteiger partial charge in [0, 0.05) is 12.1 Å². The highest BCUT2D eigenvalue weighted by Crippen LogP contribution is 2.18. The van der Waals surface area contributed by atoms with Crippen LogP contribution in [0.25, 0.3) is 6.08 Å². The smallest absolute Gasteiger partial charge is 0.311 e. The van der Waals surface area contributed by atoms with Crippen molar-refractivity contribution in [2.24, 2.45) is 0 Å². The second kappa shape index (κ2) is 12.7. The van der Waals surface area contributed by atoms with E-state index in [-0.39, 0.29) is 18.1 Å². The first-order valence-corrected chi connectivity index (χ1v) is 12.0. The van der Waals surface area contributed by atoms with Crippen molar-refractivity contribution in [3.63, 3.8) is 0 Å². The van der Waals surface area contributed by atoms with E-state index in [2.05, 4.69) is 5.48 Å². The van der Waals surface area contributed by atoms with Crippen molar-refractivity contribution in [3.8, 4) is 11.5 Å². The van der Waals surface area contributed by atoms with Gasteiger partial charge in [-0.2, -0.15) is 8.42 Å². The minimum absolute atomic E-state index is 0.0599. The van der Waals surface area contributed by atoms with E-state index in [0.717, 1.165) is 23.8 Å². The molecule has 2 aromatic carbocycles. The van der Waals surface area contributed by atoms with Crippen LogP contribution in [0.3, 0.4) is 0 Å². The predicted molar refractivity (Wildman–Crippen MR) is 122 cm³/mol. The molecule has 0 unspecified atom stereocenters. The Morgan fingerprint density at radius 3 is 2.47 bits per heavy atom. The monoisotopic (exact) mass is 463 g/mol. The first-order chi connectivity index (χ1) is 15.3. The van der Waals surface area contributed by atoms with Crippen molar-refractivity contribution in [2.75, 3.05) is 26.6 Å². The number of esters is 1. The Labute approximate surface area is 189 Å². The third-order valence-electron chi connectivity index (χ3n) is 4.10. The molecule has 0 saturated carbocycles. The second-order valence-corrected chi connectivity index (χ2v) is 8.55. The van der Waals surface area contributed by atoms with Gasteiger partial charge in [-0.1, -0.05) is 31.2 Å². The molecule has 0 atom stereocenters. The summed E-state index contributed by atoms with van der Waals surface area (Å²) in [5.74, 6) is 0.586. The summed E-state index contributed by atoms with van der Waals surface area (Å²) in [5, 5.41) is 0. The lowest BCUT2D eigenvalue weighted by molar-refractivity contribution is -0.140. The number of hydrogen-bond donors (Lipinski definition) is 1. The average Bonchev–Trinajstić information content (AvgIpc) is 2.74. The Kier molecular flexibility index (Phi) is 10.0. The summed E-state index contributed by atoms with van der Waals surface area (Å²) < 4.78 is 37.7. The molecule has 0 aromatic heterocycles. The molecular weight excluding hydrogens is 434 g/mol. The van der Waals surface area contributed by atoms with E-state index in [4.69, 9.17) is 18.5 Å². The van der Waals surface area contributed by atoms with E-state index in [1.54, 1.807) is 30.3 Å². The molecule has 32 heavy (non-hydrogen) atoms. The van der Waals surface area contributed by atoms with Crippen molar-refractivity contribution < 1.29 is 31.7 Å². The first kappa shape index (κ1) is 25.2. The highest BCUT2D eigenvalue weighted by Gasteiger charge is 2.07. The number of rotatable bonds is 13. The second-order valence-electron chi connectivity index (χ2n) is 6.98. The third-order valence-corrected chi connectivity index (χ3v) is 4.60. The van der Waals surface area contributed by atoms with Crippen molar-refractivity contribution in [1.82, 2.24) is 5.48 Å². The van der Waals surface area contributed by atoms with Crippen LogP contribution >= 0.6 is 0 Å². The van der Waals surface area contributed by atoms with Gasteiger partial charge in [0.25, 0.3) is 0 Å². The van der Waals surface area contributed by atoms with Gasteiger partial charge in [0.2, 0.25) is 0 Å². The van der Waals surface area contributed by atoms with E-state index in [1.807, 2.05) is 31.2 Å². The van der Waals surface area contributed by atoms with Gasteiger partial charge < -0.3 is 13.7 Å². The fourth-order valence-electron chi connectivity index (χ4n) is 2.66. The van der Waals surface area contributed by atoms with Crippen molar-refractivity contribution in [2.45, 2.75) is 26.2 Å². The Hall–Kier alpha value is -3.04. The van der Waals surface area contributed by atoms with E-state index in [1.165, 1.54) is 7.11 Å². The maximum atomic E-state index is 11.7. The summed E-state index contributed by atoms with van der Waals surface area (Å²) in [5.41, 5.74) is 5.22. The molecule has 0 heterocycles. The van der Waals surface area contributed by atoms with Crippen LogP contribution in [0, 0.1) is 0 Å². The van der Waals surface area contributed by atoms with Gasteiger partial charge in [0.1, 0.15) is 11.5 Å². The standard InChI is InChI=1S/C23H29NO7S/c1-4-13-30-24-20(17-23(25)28-2)15-19-6-5-7-22(16-19)29-14-12-18-8-10-21(11-9-18)31-32(3,26)27/h5-11,15-16,24H,4,12-14,17H2,1-3H3. The van der Waals surface area contributed by atoms with E-state index >= 15 is 0 Å². The molecule has 8 nitrogen and oxygen atoms in total. The maximum absolute atomic E-state index is 11.7. The Morgan fingerprint density at radius 1 is 1.06 bits per heavy atom. The zero-order chi connectivity index (χ0) is 23.4. The largest absolute Gasteiger partial charge is 0.493 e. The zero-order valence-electron chi connectivity index (χ0n) is 18.5. The van der Waals surface area contributed by atoms with Crippen LogP contribution in [0.5, 0.6) is 11.5 Å². The van der Waals surface area contributed by atoms with Crippen molar-refractivity contribution in [1.29, 1.82) is 0 Å². The van der Waals surface area contributed by atoms with Gasteiger partial charge in [-0.05, 0) is 47.9 Å². The van der Waals surface area contributed by atoms with E-state index in [0.29, 0.717) is 31.1 Å². The van der Waals surface area contributed by atoms with Crippen molar-refractivity contribution >= 4 is 22.2 Å². The van der Waals surface area contributed by atoms with Crippen molar-refractivity contribution in [3.05, 3.63) is 65.4 Å². The molecule has 174 valence electrons.